The first-order chi connectivity index (χ1) is 9.20. The van der Waals surface area contributed by atoms with Gasteiger partial charge in [-0.15, -0.1) is 5.10 Å². The Labute approximate surface area is 115 Å². The summed E-state index contributed by atoms with van der Waals surface area (Å²) in [4.78, 5) is 12.0. The molecular weight excluding hydrogens is 260 g/mol. The molecule has 0 aliphatic heterocycles. The van der Waals surface area contributed by atoms with Crippen molar-refractivity contribution < 1.29 is 4.79 Å². The van der Waals surface area contributed by atoms with Crippen molar-refractivity contribution in [3.05, 3.63) is 41.1 Å². The van der Waals surface area contributed by atoms with Crippen LogP contribution in [-0.4, -0.2) is 22.0 Å². The summed E-state index contributed by atoms with van der Waals surface area (Å²) in [5.41, 5.74) is 7.71. The zero-order chi connectivity index (χ0) is 13.7. The topological polar surface area (TPSA) is 80.9 Å². The lowest BCUT2D eigenvalue weighted by Gasteiger charge is -2.04. The lowest BCUT2D eigenvalue weighted by Crippen LogP contribution is -2.11. The number of hydrogen-bond donors (Lipinski definition) is 2. The summed E-state index contributed by atoms with van der Waals surface area (Å²) < 4.78 is 3.68. The van der Waals surface area contributed by atoms with E-state index in [4.69, 9.17) is 5.73 Å². The second kappa shape index (κ2) is 6.09. The van der Waals surface area contributed by atoms with E-state index in [-0.39, 0.29) is 5.91 Å². The molecule has 2 rings (SSSR count). The summed E-state index contributed by atoms with van der Waals surface area (Å²) in [5.74, 6) is 5.53. The van der Waals surface area contributed by atoms with Gasteiger partial charge in [-0.05, 0) is 24.6 Å². The third kappa shape index (κ3) is 3.37. The Bertz CT molecular complexity index is 640. The van der Waals surface area contributed by atoms with Crippen LogP contribution < -0.4 is 11.1 Å². The average Bonchev–Trinajstić information content (AvgIpc) is 2.90. The van der Waals surface area contributed by atoms with Gasteiger partial charge < -0.3 is 11.1 Å². The first-order valence-electron chi connectivity index (χ1n) is 5.59. The van der Waals surface area contributed by atoms with E-state index < -0.39 is 0 Å². The molecule has 1 amide bonds. The van der Waals surface area contributed by atoms with Crippen LogP contribution in [0.2, 0.25) is 0 Å². The molecule has 96 valence electrons. The van der Waals surface area contributed by atoms with Gasteiger partial charge in [0.2, 0.25) is 0 Å². The standard InChI is InChI=1S/C13H12N4OS/c1-9-4-5-11(7-10(9)3-2-6-14)13(18)16-12-8-15-17-19-12/h4-5,7-8H,6,14H2,1H3,(H,16,18). The number of rotatable bonds is 2. The van der Waals surface area contributed by atoms with Crippen LogP contribution in [0.15, 0.2) is 24.4 Å². The summed E-state index contributed by atoms with van der Waals surface area (Å²) in [6.45, 7) is 2.23. The number of nitrogens with one attached hydrogen (secondary N) is 1. The van der Waals surface area contributed by atoms with Gasteiger partial charge >= 0.3 is 0 Å². The Balaban J connectivity index is 2.22. The van der Waals surface area contributed by atoms with Crippen molar-refractivity contribution in [3.8, 4) is 11.8 Å². The molecule has 2 aromatic rings. The van der Waals surface area contributed by atoms with E-state index in [1.807, 2.05) is 13.0 Å². The molecule has 19 heavy (non-hydrogen) atoms. The second-order valence-corrected chi connectivity index (χ2v) is 4.56. The van der Waals surface area contributed by atoms with E-state index in [2.05, 4.69) is 26.7 Å². The number of carbonyl (C=O) groups is 1. The maximum Gasteiger partial charge on any atom is 0.256 e. The van der Waals surface area contributed by atoms with E-state index >= 15 is 0 Å². The monoisotopic (exact) mass is 272 g/mol. The quantitative estimate of drug-likeness (QED) is 0.810. The molecule has 0 fully saturated rings. The van der Waals surface area contributed by atoms with E-state index in [1.54, 1.807) is 12.1 Å². The van der Waals surface area contributed by atoms with Gasteiger partial charge in [-0.2, -0.15) is 0 Å². The van der Waals surface area contributed by atoms with Crippen LogP contribution in [0.3, 0.4) is 0 Å². The first-order valence-corrected chi connectivity index (χ1v) is 6.36. The lowest BCUT2D eigenvalue weighted by molar-refractivity contribution is 0.102. The average molecular weight is 272 g/mol. The van der Waals surface area contributed by atoms with Gasteiger partial charge in [0, 0.05) is 22.7 Å². The summed E-state index contributed by atoms with van der Waals surface area (Å²) in [5, 5.41) is 6.99. The van der Waals surface area contributed by atoms with Crippen LogP contribution in [0.5, 0.6) is 0 Å². The first kappa shape index (κ1) is 13.2. The Hall–Kier alpha value is -2.23. The van der Waals surface area contributed by atoms with Gasteiger partial charge in [0.25, 0.3) is 5.91 Å². The van der Waals surface area contributed by atoms with Crippen LogP contribution in [0.4, 0.5) is 5.00 Å². The number of amides is 1. The number of hydrogen-bond acceptors (Lipinski definition) is 5. The van der Waals surface area contributed by atoms with Gasteiger partial charge in [0.1, 0.15) is 5.00 Å². The number of aromatic nitrogens is 2. The Morgan fingerprint density at radius 3 is 3.05 bits per heavy atom. The molecular formula is C13H12N4OS. The highest BCUT2D eigenvalue weighted by Gasteiger charge is 2.08. The minimum atomic E-state index is -0.207. The number of nitrogens with zero attached hydrogens (tertiary/aromatic N) is 2. The fourth-order valence-corrected chi connectivity index (χ4v) is 1.87. The molecule has 6 heteroatoms. The molecule has 0 atom stereocenters. The fraction of sp³-hybridized carbons (Fsp3) is 0.154. The number of aryl methyl sites for hydroxylation is 1. The highest BCUT2D eigenvalue weighted by atomic mass is 32.1. The molecule has 0 aliphatic rings. The van der Waals surface area contributed by atoms with E-state index in [0.717, 1.165) is 22.7 Å². The molecule has 1 aromatic carbocycles. The number of nitrogens with two attached hydrogens (primary N) is 1. The largest absolute Gasteiger partial charge is 0.320 e. The minimum Gasteiger partial charge on any atom is -0.320 e. The summed E-state index contributed by atoms with van der Waals surface area (Å²) in [7, 11) is 0. The van der Waals surface area contributed by atoms with Gasteiger partial charge in [0.05, 0.1) is 12.7 Å². The van der Waals surface area contributed by atoms with Gasteiger partial charge in [0.15, 0.2) is 0 Å². The lowest BCUT2D eigenvalue weighted by atomic mass is 10.0. The van der Waals surface area contributed by atoms with Crippen molar-refractivity contribution in [2.75, 3.05) is 11.9 Å². The van der Waals surface area contributed by atoms with Crippen molar-refractivity contribution in [2.24, 2.45) is 5.73 Å². The fourth-order valence-electron chi connectivity index (χ4n) is 1.45. The van der Waals surface area contributed by atoms with Gasteiger partial charge in [-0.3, -0.25) is 4.79 Å². The van der Waals surface area contributed by atoms with Crippen LogP contribution in [0, 0.1) is 18.8 Å². The maximum atomic E-state index is 12.0. The predicted molar refractivity (Wildman–Crippen MR) is 75.0 cm³/mol. The predicted octanol–water partition coefficient (Wildman–Crippen LogP) is 1.41. The van der Waals surface area contributed by atoms with Crippen LogP contribution >= 0.6 is 11.5 Å². The van der Waals surface area contributed by atoms with E-state index in [1.165, 1.54) is 6.20 Å². The van der Waals surface area contributed by atoms with E-state index in [9.17, 15) is 4.79 Å². The van der Waals surface area contributed by atoms with Crippen molar-refractivity contribution in [2.45, 2.75) is 6.92 Å². The Morgan fingerprint density at radius 2 is 2.37 bits per heavy atom. The minimum absolute atomic E-state index is 0.207. The molecule has 0 spiro atoms. The van der Waals surface area contributed by atoms with Crippen LogP contribution in [0.1, 0.15) is 21.5 Å². The van der Waals surface area contributed by atoms with Gasteiger partial charge in [-0.1, -0.05) is 22.4 Å². The van der Waals surface area contributed by atoms with Crippen molar-refractivity contribution in [3.63, 3.8) is 0 Å². The normalized spacial score (nSPS) is 9.58. The smallest absolute Gasteiger partial charge is 0.256 e. The SMILES string of the molecule is Cc1ccc(C(=O)Nc2cnns2)cc1C#CCN. The zero-order valence-corrected chi connectivity index (χ0v) is 11.1. The number of carbonyl (C=O) groups excluding carboxylic acids is 1. The van der Waals surface area contributed by atoms with Gasteiger partial charge in [-0.25, -0.2) is 0 Å². The Morgan fingerprint density at radius 1 is 1.53 bits per heavy atom. The Kier molecular flexibility index (Phi) is 4.23. The van der Waals surface area contributed by atoms with E-state index in [0.29, 0.717) is 17.1 Å². The molecule has 1 heterocycles. The third-order valence-electron chi connectivity index (χ3n) is 2.42. The molecule has 0 aliphatic carbocycles. The van der Waals surface area contributed by atoms with Crippen LogP contribution in [-0.2, 0) is 0 Å². The summed E-state index contributed by atoms with van der Waals surface area (Å²) in [6, 6.07) is 5.37. The number of anilines is 1. The second-order valence-electron chi connectivity index (χ2n) is 3.77. The maximum absolute atomic E-state index is 12.0. The molecule has 1 aromatic heterocycles. The molecule has 0 saturated heterocycles. The van der Waals surface area contributed by atoms with Crippen molar-refractivity contribution in [1.82, 2.24) is 9.59 Å². The molecule has 3 N–H and O–H groups in total. The molecule has 5 nitrogen and oxygen atoms in total. The van der Waals surface area contributed by atoms with Crippen molar-refractivity contribution in [1.29, 1.82) is 0 Å². The molecule has 0 bridgehead atoms. The number of benzene rings is 1. The van der Waals surface area contributed by atoms with Crippen LogP contribution in [0.25, 0.3) is 0 Å². The molecule has 0 radical (unpaired) electrons. The summed E-state index contributed by atoms with van der Waals surface area (Å²) in [6.07, 6.45) is 1.51. The molecule has 0 unspecified atom stereocenters. The zero-order valence-electron chi connectivity index (χ0n) is 10.3. The third-order valence-corrected chi connectivity index (χ3v) is 3.00. The summed E-state index contributed by atoms with van der Waals surface area (Å²) >= 11 is 1.13. The highest BCUT2D eigenvalue weighted by Crippen LogP contribution is 2.14. The molecule has 0 saturated carbocycles. The van der Waals surface area contributed by atoms with Crippen molar-refractivity contribution >= 4 is 22.4 Å². The highest BCUT2D eigenvalue weighted by molar-refractivity contribution is 7.10.